The van der Waals surface area contributed by atoms with Gasteiger partial charge in [0, 0.05) is 18.8 Å². The molecule has 82 valence electrons. The van der Waals surface area contributed by atoms with Gasteiger partial charge in [-0.3, -0.25) is 9.78 Å². The summed E-state index contributed by atoms with van der Waals surface area (Å²) in [6, 6.07) is 2.06. The van der Waals surface area contributed by atoms with Gasteiger partial charge in [-0.2, -0.15) is 0 Å². The molecular weight excluding hydrogens is 208 g/mol. The predicted molar refractivity (Wildman–Crippen MR) is 56.6 cm³/mol. The molecule has 1 heterocycles. The smallest absolute Gasteiger partial charge is 0.327 e. The van der Waals surface area contributed by atoms with Crippen molar-refractivity contribution in [2.24, 2.45) is 0 Å². The monoisotopic (exact) mass is 218 g/mol. The fourth-order valence-corrected chi connectivity index (χ4v) is 1.06. The van der Waals surface area contributed by atoms with Gasteiger partial charge in [0.05, 0.1) is 5.56 Å². The van der Waals surface area contributed by atoms with Gasteiger partial charge >= 0.3 is 5.97 Å². The van der Waals surface area contributed by atoms with E-state index in [0.717, 1.165) is 0 Å². The molecule has 1 amide bonds. The second-order valence-corrected chi connectivity index (χ2v) is 3.01. The highest BCUT2D eigenvalue weighted by atomic mass is 16.4. The number of nitrogens with zero attached hydrogens (tertiary/aromatic N) is 1. The first kappa shape index (κ1) is 11.7. The predicted octanol–water partition coefficient (Wildman–Crippen LogP) is 0.288. The standard InChI is InChI=1S/C11H10N2O3/c1-2-4-9(11(15)16)13-10(14)8-5-3-6-12-7-8/h1,3,5-7,9H,4H2,(H,13,14)(H,15,16)/t9-/m0/s1. The molecule has 0 aromatic carbocycles. The highest BCUT2D eigenvalue weighted by Crippen LogP contribution is 1.98. The lowest BCUT2D eigenvalue weighted by atomic mass is 10.2. The minimum Gasteiger partial charge on any atom is -0.480 e. The third kappa shape index (κ3) is 3.10. The van der Waals surface area contributed by atoms with E-state index in [9.17, 15) is 9.59 Å². The Morgan fingerprint density at radius 3 is 2.88 bits per heavy atom. The summed E-state index contributed by atoms with van der Waals surface area (Å²) in [6.07, 6.45) is 7.82. The number of carboxylic acids is 1. The van der Waals surface area contributed by atoms with Crippen molar-refractivity contribution in [1.82, 2.24) is 10.3 Å². The summed E-state index contributed by atoms with van der Waals surface area (Å²) in [5.41, 5.74) is 0.297. The third-order valence-electron chi connectivity index (χ3n) is 1.85. The number of carbonyl (C=O) groups excluding carboxylic acids is 1. The second-order valence-electron chi connectivity index (χ2n) is 3.01. The van der Waals surface area contributed by atoms with E-state index in [1.54, 1.807) is 6.07 Å². The summed E-state index contributed by atoms with van der Waals surface area (Å²) in [5, 5.41) is 11.1. The third-order valence-corrected chi connectivity index (χ3v) is 1.85. The lowest BCUT2D eigenvalue weighted by molar-refractivity contribution is -0.139. The summed E-state index contributed by atoms with van der Waals surface area (Å²) < 4.78 is 0. The van der Waals surface area contributed by atoms with Crippen LogP contribution in [-0.4, -0.2) is 28.0 Å². The first-order valence-corrected chi connectivity index (χ1v) is 4.52. The Morgan fingerprint density at radius 2 is 2.38 bits per heavy atom. The summed E-state index contributed by atoms with van der Waals surface area (Å²) >= 11 is 0. The van der Waals surface area contributed by atoms with Crippen LogP contribution in [0, 0.1) is 12.3 Å². The molecule has 0 aliphatic heterocycles. The zero-order valence-corrected chi connectivity index (χ0v) is 8.38. The average molecular weight is 218 g/mol. The van der Waals surface area contributed by atoms with Crippen LogP contribution in [-0.2, 0) is 4.79 Å². The molecule has 0 saturated carbocycles. The molecular formula is C11H10N2O3. The van der Waals surface area contributed by atoms with E-state index >= 15 is 0 Å². The Kier molecular flexibility index (Phi) is 4.04. The molecule has 5 heteroatoms. The number of aromatic nitrogens is 1. The largest absolute Gasteiger partial charge is 0.480 e. The minimum atomic E-state index is -1.16. The molecule has 5 nitrogen and oxygen atoms in total. The van der Waals surface area contributed by atoms with Crippen molar-refractivity contribution in [3.63, 3.8) is 0 Å². The zero-order valence-electron chi connectivity index (χ0n) is 8.38. The molecule has 0 spiro atoms. The summed E-state index contributed by atoms with van der Waals surface area (Å²) in [6.45, 7) is 0. The topological polar surface area (TPSA) is 79.3 Å². The number of carbonyl (C=O) groups is 2. The Bertz CT molecular complexity index is 423. The number of aliphatic carboxylic acids is 1. The molecule has 1 aromatic heterocycles. The van der Waals surface area contributed by atoms with Crippen LogP contribution in [0.25, 0.3) is 0 Å². The van der Waals surface area contributed by atoms with Crippen molar-refractivity contribution < 1.29 is 14.7 Å². The first-order chi connectivity index (χ1) is 7.65. The van der Waals surface area contributed by atoms with Gasteiger partial charge in [-0.15, -0.1) is 12.3 Å². The van der Waals surface area contributed by atoms with E-state index in [1.807, 2.05) is 0 Å². The first-order valence-electron chi connectivity index (χ1n) is 4.52. The number of rotatable bonds is 4. The van der Waals surface area contributed by atoms with Gasteiger partial charge in [0.1, 0.15) is 6.04 Å². The summed E-state index contributed by atoms with van der Waals surface area (Å²) in [5.74, 6) is 0.534. The highest BCUT2D eigenvalue weighted by molar-refractivity contribution is 5.96. The van der Waals surface area contributed by atoms with Crippen LogP contribution in [0.4, 0.5) is 0 Å². The van der Waals surface area contributed by atoms with Crippen LogP contribution in [0.1, 0.15) is 16.8 Å². The Labute approximate surface area is 92.5 Å². The molecule has 0 radical (unpaired) electrons. The Balaban J connectivity index is 2.70. The molecule has 16 heavy (non-hydrogen) atoms. The number of nitrogens with one attached hydrogen (secondary N) is 1. The number of hydrogen-bond donors (Lipinski definition) is 2. The van der Waals surface area contributed by atoms with Crippen molar-refractivity contribution >= 4 is 11.9 Å². The number of hydrogen-bond acceptors (Lipinski definition) is 3. The average Bonchev–Trinajstić information content (AvgIpc) is 2.29. The number of terminal acetylenes is 1. The fourth-order valence-electron chi connectivity index (χ4n) is 1.06. The maximum atomic E-state index is 11.6. The van der Waals surface area contributed by atoms with Gasteiger partial charge in [-0.25, -0.2) is 4.79 Å². The number of amides is 1. The van der Waals surface area contributed by atoms with E-state index in [0.29, 0.717) is 5.56 Å². The Morgan fingerprint density at radius 1 is 1.62 bits per heavy atom. The van der Waals surface area contributed by atoms with Crippen molar-refractivity contribution in [2.75, 3.05) is 0 Å². The van der Waals surface area contributed by atoms with E-state index in [1.165, 1.54) is 18.5 Å². The molecule has 0 aliphatic carbocycles. The van der Waals surface area contributed by atoms with Crippen LogP contribution in [0.15, 0.2) is 24.5 Å². The van der Waals surface area contributed by atoms with Gasteiger partial charge < -0.3 is 10.4 Å². The lowest BCUT2D eigenvalue weighted by Crippen LogP contribution is -2.40. The normalized spacial score (nSPS) is 11.2. The van der Waals surface area contributed by atoms with Crippen molar-refractivity contribution in [2.45, 2.75) is 12.5 Å². The number of carboxylic acid groups (broad SMARTS) is 1. The quantitative estimate of drug-likeness (QED) is 0.712. The number of pyridine rings is 1. The van der Waals surface area contributed by atoms with Crippen LogP contribution >= 0.6 is 0 Å². The van der Waals surface area contributed by atoms with Crippen LogP contribution in [0.3, 0.4) is 0 Å². The van der Waals surface area contributed by atoms with Crippen LogP contribution in [0.2, 0.25) is 0 Å². The van der Waals surface area contributed by atoms with E-state index < -0.39 is 17.9 Å². The van der Waals surface area contributed by atoms with Gasteiger partial charge in [-0.1, -0.05) is 0 Å². The molecule has 0 saturated heterocycles. The molecule has 0 aliphatic rings. The zero-order chi connectivity index (χ0) is 12.0. The van der Waals surface area contributed by atoms with Gasteiger partial charge in [0.25, 0.3) is 5.91 Å². The summed E-state index contributed by atoms with van der Waals surface area (Å²) in [7, 11) is 0. The van der Waals surface area contributed by atoms with Crippen LogP contribution < -0.4 is 5.32 Å². The Hall–Kier alpha value is -2.35. The van der Waals surface area contributed by atoms with Gasteiger partial charge in [0.15, 0.2) is 0 Å². The van der Waals surface area contributed by atoms with E-state index in [-0.39, 0.29) is 6.42 Å². The molecule has 1 aromatic rings. The van der Waals surface area contributed by atoms with Gasteiger partial charge in [-0.05, 0) is 12.1 Å². The van der Waals surface area contributed by atoms with Gasteiger partial charge in [0.2, 0.25) is 0 Å². The second kappa shape index (κ2) is 5.51. The van der Waals surface area contributed by atoms with E-state index in [4.69, 9.17) is 11.5 Å². The molecule has 0 unspecified atom stereocenters. The van der Waals surface area contributed by atoms with Crippen molar-refractivity contribution in [3.05, 3.63) is 30.1 Å². The minimum absolute atomic E-state index is 0.0542. The molecule has 0 fully saturated rings. The van der Waals surface area contributed by atoms with E-state index in [2.05, 4.69) is 16.2 Å². The molecule has 2 N–H and O–H groups in total. The SMILES string of the molecule is C#CC[C@H](NC(=O)c1cccnc1)C(=O)O. The molecule has 1 atom stereocenters. The molecule has 0 bridgehead atoms. The van der Waals surface area contributed by atoms with Crippen molar-refractivity contribution in [1.29, 1.82) is 0 Å². The maximum Gasteiger partial charge on any atom is 0.327 e. The molecule has 1 rings (SSSR count). The van der Waals surface area contributed by atoms with Crippen LogP contribution in [0.5, 0.6) is 0 Å². The summed E-state index contributed by atoms with van der Waals surface area (Å²) in [4.78, 5) is 26.0. The maximum absolute atomic E-state index is 11.6. The fraction of sp³-hybridized carbons (Fsp3) is 0.182. The highest BCUT2D eigenvalue weighted by Gasteiger charge is 2.19. The lowest BCUT2D eigenvalue weighted by Gasteiger charge is -2.11. The van der Waals surface area contributed by atoms with Crippen molar-refractivity contribution in [3.8, 4) is 12.3 Å².